The van der Waals surface area contributed by atoms with E-state index in [9.17, 15) is 19.2 Å². The normalized spacial score (nSPS) is 18.5. The number of likely N-dealkylation sites (N-methyl/N-ethyl adjacent to an activating group) is 1. The molecule has 0 spiro atoms. The molecular weight excluding hydrogens is 569 g/mol. The van der Waals surface area contributed by atoms with E-state index in [1.807, 2.05) is 52.8 Å². The number of nitrogens with zero attached hydrogens (tertiary/aromatic N) is 6. The van der Waals surface area contributed by atoms with Crippen LogP contribution in [0, 0.1) is 29.0 Å². The van der Waals surface area contributed by atoms with Gasteiger partial charge in [0.1, 0.15) is 17.6 Å². The van der Waals surface area contributed by atoms with Gasteiger partial charge in [0.25, 0.3) is 5.91 Å². The highest BCUT2D eigenvalue weighted by Crippen LogP contribution is 2.41. The second-order valence-electron chi connectivity index (χ2n) is 10.7. The number of aliphatic imine (C=N–C) groups is 1. The van der Waals surface area contributed by atoms with Crippen molar-refractivity contribution in [2.24, 2.45) is 16.8 Å². The number of halogens is 1. The molecule has 1 aliphatic heterocycles. The Kier molecular flexibility index (Phi) is 12.1. The molecule has 10 heteroatoms. The molecule has 2 amide bonds. The van der Waals surface area contributed by atoms with Crippen LogP contribution in [-0.2, 0) is 9.59 Å². The van der Waals surface area contributed by atoms with Crippen molar-refractivity contribution in [3.63, 3.8) is 0 Å². The summed E-state index contributed by atoms with van der Waals surface area (Å²) in [6, 6.07) is 5.93. The first-order valence-corrected chi connectivity index (χ1v) is 15.2. The first-order valence-electron chi connectivity index (χ1n) is 15.2. The highest BCUT2D eigenvalue weighted by molar-refractivity contribution is 6.02. The third-order valence-electron chi connectivity index (χ3n) is 7.65. The Labute approximate surface area is 265 Å². The smallest absolute Gasteiger partial charge is 0.254 e. The number of hydrogen-bond donors (Lipinski definition) is 1. The van der Waals surface area contributed by atoms with Crippen molar-refractivity contribution < 1.29 is 14.0 Å². The molecular formula is C35H42FN7O2. The summed E-state index contributed by atoms with van der Waals surface area (Å²) in [7, 11) is 3.40. The van der Waals surface area contributed by atoms with Gasteiger partial charge in [-0.15, -0.1) is 0 Å². The van der Waals surface area contributed by atoms with E-state index in [0.717, 1.165) is 5.57 Å². The fourth-order valence-corrected chi connectivity index (χ4v) is 5.36. The summed E-state index contributed by atoms with van der Waals surface area (Å²) in [5.74, 6) is -0.726. The summed E-state index contributed by atoms with van der Waals surface area (Å²) in [5, 5.41) is 12.9. The van der Waals surface area contributed by atoms with Crippen LogP contribution in [0.3, 0.4) is 0 Å². The summed E-state index contributed by atoms with van der Waals surface area (Å²) in [6.07, 6.45) is 13.6. The molecule has 2 aromatic rings. The lowest BCUT2D eigenvalue weighted by Crippen LogP contribution is -2.41. The number of carbonyl (C=O) groups is 2. The summed E-state index contributed by atoms with van der Waals surface area (Å²) < 4.78 is 13.7. The molecule has 0 radical (unpaired) electrons. The summed E-state index contributed by atoms with van der Waals surface area (Å²) in [5.41, 5.74) is 4.16. The maximum Gasteiger partial charge on any atom is 0.254 e. The van der Waals surface area contributed by atoms with Gasteiger partial charge in [0.15, 0.2) is 5.82 Å². The van der Waals surface area contributed by atoms with E-state index in [2.05, 4.69) is 26.4 Å². The standard InChI is InChI=1S/C33H36FN7O2.C2H6/c1-7-9-31(42)40(5)30(19-36-8-2)32-37-17-23(18-38-32)29-15-26-25(12-20(3)13-27(26)33(43)41(29)6)21(4)39-28-11-10-24(34)14-22(28)16-35;1-2/h8,10-15,17-19,21,25-26,39H,7,9H2,1-6H3;1-2H3/b30-19-,36-8?;/t21-,25?,26?;/m1./s1. The Bertz CT molecular complexity index is 1600. The fraction of sp³-hybridized carbons (Fsp3) is 0.371. The molecule has 3 atom stereocenters. The minimum absolute atomic E-state index is 0.0655. The number of carbonyl (C=O) groups excluding carboxylic acids is 2. The first-order chi connectivity index (χ1) is 21.6. The van der Waals surface area contributed by atoms with Crippen LogP contribution < -0.4 is 5.32 Å². The van der Waals surface area contributed by atoms with Crippen molar-refractivity contribution >= 4 is 35.1 Å². The highest BCUT2D eigenvalue weighted by atomic mass is 19.1. The van der Waals surface area contributed by atoms with Crippen molar-refractivity contribution in [1.29, 1.82) is 5.26 Å². The second kappa shape index (κ2) is 15.7. The van der Waals surface area contributed by atoms with Crippen molar-refractivity contribution in [1.82, 2.24) is 19.8 Å². The van der Waals surface area contributed by atoms with Crippen molar-refractivity contribution in [2.75, 3.05) is 19.4 Å². The molecule has 1 aromatic heterocycles. The Morgan fingerprint density at radius 3 is 2.58 bits per heavy atom. The van der Waals surface area contributed by atoms with E-state index in [1.165, 1.54) is 17.0 Å². The molecule has 1 aromatic carbocycles. The van der Waals surface area contributed by atoms with Crippen LogP contribution in [0.1, 0.15) is 71.3 Å². The number of anilines is 1. The maximum absolute atomic E-state index is 13.7. The van der Waals surface area contributed by atoms with Gasteiger partial charge < -0.3 is 15.1 Å². The number of benzene rings is 1. The molecule has 0 saturated heterocycles. The van der Waals surface area contributed by atoms with Crippen LogP contribution in [0.2, 0.25) is 0 Å². The second-order valence-corrected chi connectivity index (χ2v) is 10.7. The van der Waals surface area contributed by atoms with Gasteiger partial charge in [0.05, 0.1) is 23.1 Å². The summed E-state index contributed by atoms with van der Waals surface area (Å²) in [4.78, 5) is 42.6. The number of nitrogens with one attached hydrogen (secondary N) is 1. The Morgan fingerprint density at radius 1 is 1.27 bits per heavy atom. The number of allylic oxidation sites excluding steroid dienone is 3. The van der Waals surface area contributed by atoms with Crippen LogP contribution in [0.15, 0.2) is 71.2 Å². The van der Waals surface area contributed by atoms with Crippen molar-refractivity contribution in [3.8, 4) is 6.07 Å². The molecule has 0 saturated carbocycles. The maximum atomic E-state index is 13.7. The van der Waals surface area contributed by atoms with E-state index in [1.54, 1.807) is 56.8 Å². The monoisotopic (exact) mass is 611 g/mol. The average Bonchev–Trinajstić information content (AvgIpc) is 3.04. The quantitative estimate of drug-likeness (QED) is 0.320. The molecule has 0 fully saturated rings. The molecule has 4 rings (SSSR count). The van der Waals surface area contributed by atoms with Gasteiger partial charge in [0, 0.05) is 68.1 Å². The third-order valence-corrected chi connectivity index (χ3v) is 7.65. The topological polar surface area (TPSA) is 115 Å². The van der Waals surface area contributed by atoms with Gasteiger partial charge in [-0.05, 0) is 45.4 Å². The Hall–Kier alpha value is -4.91. The van der Waals surface area contributed by atoms with Crippen LogP contribution in [-0.4, -0.2) is 57.9 Å². The lowest BCUT2D eigenvalue weighted by atomic mass is 9.74. The van der Waals surface area contributed by atoms with Gasteiger partial charge in [-0.25, -0.2) is 14.4 Å². The van der Waals surface area contributed by atoms with E-state index >= 15 is 0 Å². The number of rotatable bonds is 9. The molecule has 236 valence electrons. The molecule has 0 bridgehead atoms. The minimum Gasteiger partial charge on any atom is -0.381 e. The molecule has 1 aliphatic carbocycles. The van der Waals surface area contributed by atoms with E-state index in [4.69, 9.17) is 0 Å². The zero-order valence-corrected chi connectivity index (χ0v) is 27.3. The number of hydrogen-bond acceptors (Lipinski definition) is 7. The minimum atomic E-state index is -0.477. The highest BCUT2D eigenvalue weighted by Gasteiger charge is 2.38. The molecule has 45 heavy (non-hydrogen) atoms. The zero-order valence-electron chi connectivity index (χ0n) is 27.3. The number of fused-ring (bicyclic) bond motifs is 1. The predicted molar refractivity (Wildman–Crippen MR) is 177 cm³/mol. The molecule has 1 N–H and O–H groups in total. The van der Waals surface area contributed by atoms with Gasteiger partial charge in [0.2, 0.25) is 5.91 Å². The van der Waals surface area contributed by atoms with Gasteiger partial charge >= 0.3 is 0 Å². The van der Waals surface area contributed by atoms with Crippen molar-refractivity contribution in [3.05, 3.63) is 88.9 Å². The Morgan fingerprint density at radius 2 is 1.96 bits per heavy atom. The molecule has 9 nitrogen and oxygen atoms in total. The van der Waals surface area contributed by atoms with Gasteiger partial charge in [-0.3, -0.25) is 14.6 Å². The molecule has 2 heterocycles. The van der Waals surface area contributed by atoms with Crippen LogP contribution >= 0.6 is 0 Å². The summed E-state index contributed by atoms with van der Waals surface area (Å²) in [6.45, 7) is 11.7. The fourth-order valence-electron chi connectivity index (χ4n) is 5.36. The van der Waals surface area contributed by atoms with Gasteiger partial charge in [-0.1, -0.05) is 44.6 Å². The average molecular weight is 612 g/mol. The lowest BCUT2D eigenvalue weighted by Gasteiger charge is -2.39. The lowest BCUT2D eigenvalue weighted by molar-refractivity contribution is -0.127. The van der Waals surface area contributed by atoms with Crippen LogP contribution in [0.4, 0.5) is 10.1 Å². The van der Waals surface area contributed by atoms with E-state index in [-0.39, 0.29) is 35.3 Å². The van der Waals surface area contributed by atoms with E-state index < -0.39 is 5.82 Å². The predicted octanol–water partition coefficient (Wildman–Crippen LogP) is 6.59. The zero-order chi connectivity index (χ0) is 33.3. The number of amides is 2. The largest absolute Gasteiger partial charge is 0.381 e. The summed E-state index contributed by atoms with van der Waals surface area (Å²) >= 11 is 0. The number of aromatic nitrogens is 2. The Balaban J connectivity index is 0.00000271. The third kappa shape index (κ3) is 7.79. The van der Waals surface area contributed by atoms with Crippen LogP contribution in [0.5, 0.6) is 0 Å². The first kappa shape index (κ1) is 34.6. The molecule has 2 unspecified atom stereocenters. The van der Waals surface area contributed by atoms with Crippen LogP contribution in [0.25, 0.3) is 11.4 Å². The van der Waals surface area contributed by atoms with Crippen molar-refractivity contribution in [2.45, 2.75) is 60.4 Å². The SMILES string of the molecule is CC.CC=N/C=C(/c1ncc(C2=CC3C(=CC(C)=CC3[C@@H](C)Nc3ccc(F)cc3C#N)C(=O)N2C)cn1)N(C)C(=O)CCC. The van der Waals surface area contributed by atoms with E-state index in [0.29, 0.717) is 46.9 Å². The molecule has 2 aliphatic rings. The van der Waals surface area contributed by atoms with Gasteiger partial charge in [-0.2, -0.15) is 5.26 Å². The number of nitriles is 1.